The van der Waals surface area contributed by atoms with Gasteiger partial charge in [-0.25, -0.2) is 9.78 Å². The number of rotatable bonds is 3. The third kappa shape index (κ3) is 1.66. The highest BCUT2D eigenvalue weighted by atomic mass is 16.5. The maximum atomic E-state index is 11.8. The Hall–Kier alpha value is -1.84. The third-order valence-electron chi connectivity index (χ3n) is 2.41. The molecule has 84 valence electrons. The number of imidazole rings is 1. The SMILES string of the molecule is CCOC(=O)c1c(CC)nc2ccccn12. The Morgan fingerprint density at radius 2 is 2.25 bits per heavy atom. The first-order valence-electron chi connectivity index (χ1n) is 5.41. The van der Waals surface area contributed by atoms with Gasteiger partial charge in [0.15, 0.2) is 5.69 Å². The molecule has 16 heavy (non-hydrogen) atoms. The maximum Gasteiger partial charge on any atom is 0.357 e. The summed E-state index contributed by atoms with van der Waals surface area (Å²) in [5.74, 6) is -0.307. The van der Waals surface area contributed by atoms with Crippen molar-refractivity contribution >= 4 is 11.6 Å². The smallest absolute Gasteiger partial charge is 0.357 e. The van der Waals surface area contributed by atoms with Crippen molar-refractivity contribution in [3.8, 4) is 0 Å². The lowest BCUT2D eigenvalue weighted by Crippen LogP contribution is -2.10. The minimum atomic E-state index is -0.307. The fraction of sp³-hybridized carbons (Fsp3) is 0.333. The van der Waals surface area contributed by atoms with Crippen LogP contribution in [0, 0.1) is 0 Å². The molecule has 2 rings (SSSR count). The van der Waals surface area contributed by atoms with Gasteiger partial charge in [-0.15, -0.1) is 0 Å². The summed E-state index contributed by atoms with van der Waals surface area (Å²) in [5, 5.41) is 0. The lowest BCUT2D eigenvalue weighted by Gasteiger charge is -2.02. The van der Waals surface area contributed by atoms with Crippen LogP contribution in [-0.2, 0) is 11.2 Å². The molecule has 0 saturated heterocycles. The average Bonchev–Trinajstić information content (AvgIpc) is 2.67. The van der Waals surface area contributed by atoms with Crippen molar-refractivity contribution in [1.82, 2.24) is 9.38 Å². The van der Waals surface area contributed by atoms with Gasteiger partial charge in [0, 0.05) is 6.20 Å². The molecule has 0 amide bonds. The van der Waals surface area contributed by atoms with Crippen LogP contribution in [0.25, 0.3) is 5.65 Å². The van der Waals surface area contributed by atoms with Gasteiger partial charge in [0.05, 0.1) is 12.3 Å². The Kier molecular flexibility index (Phi) is 2.90. The molecule has 2 aromatic heterocycles. The number of fused-ring (bicyclic) bond motifs is 1. The quantitative estimate of drug-likeness (QED) is 0.741. The number of aromatic nitrogens is 2. The highest BCUT2D eigenvalue weighted by Crippen LogP contribution is 2.14. The molecular weight excluding hydrogens is 204 g/mol. The standard InChI is InChI=1S/C12H14N2O2/c1-3-9-11(12(15)16-4-2)14-8-6-5-7-10(14)13-9/h5-8H,3-4H2,1-2H3. The van der Waals surface area contributed by atoms with Crippen molar-refractivity contribution in [3.63, 3.8) is 0 Å². The van der Waals surface area contributed by atoms with E-state index in [-0.39, 0.29) is 5.97 Å². The van der Waals surface area contributed by atoms with Crippen LogP contribution < -0.4 is 0 Å². The highest BCUT2D eigenvalue weighted by Gasteiger charge is 2.18. The summed E-state index contributed by atoms with van der Waals surface area (Å²) < 4.78 is 6.81. The van der Waals surface area contributed by atoms with Crippen LogP contribution in [0.4, 0.5) is 0 Å². The summed E-state index contributed by atoms with van der Waals surface area (Å²) in [5.41, 5.74) is 2.10. The lowest BCUT2D eigenvalue weighted by atomic mass is 10.2. The van der Waals surface area contributed by atoms with Crippen LogP contribution in [0.15, 0.2) is 24.4 Å². The number of nitrogens with zero attached hydrogens (tertiary/aromatic N) is 2. The molecule has 0 aliphatic carbocycles. The minimum Gasteiger partial charge on any atom is -0.461 e. The topological polar surface area (TPSA) is 43.6 Å². The Labute approximate surface area is 93.9 Å². The number of pyridine rings is 1. The summed E-state index contributed by atoms with van der Waals surface area (Å²) in [4.78, 5) is 16.2. The summed E-state index contributed by atoms with van der Waals surface area (Å²) in [6, 6.07) is 5.65. The second-order valence-electron chi connectivity index (χ2n) is 3.41. The van der Waals surface area contributed by atoms with Crippen LogP contribution in [0.1, 0.15) is 30.0 Å². The zero-order valence-corrected chi connectivity index (χ0v) is 9.43. The molecule has 0 unspecified atom stereocenters. The van der Waals surface area contributed by atoms with E-state index >= 15 is 0 Å². The van der Waals surface area contributed by atoms with Gasteiger partial charge in [-0.1, -0.05) is 13.0 Å². The normalized spacial score (nSPS) is 10.6. The van der Waals surface area contributed by atoms with Gasteiger partial charge >= 0.3 is 5.97 Å². The molecule has 4 heteroatoms. The number of hydrogen-bond acceptors (Lipinski definition) is 3. The molecule has 0 aliphatic heterocycles. The fourth-order valence-corrected chi connectivity index (χ4v) is 1.71. The van der Waals surface area contributed by atoms with E-state index in [1.54, 1.807) is 11.3 Å². The maximum absolute atomic E-state index is 11.8. The molecule has 0 N–H and O–H groups in total. The van der Waals surface area contributed by atoms with Crippen molar-refractivity contribution in [2.75, 3.05) is 6.61 Å². The van der Waals surface area contributed by atoms with Crippen molar-refractivity contribution in [2.45, 2.75) is 20.3 Å². The van der Waals surface area contributed by atoms with E-state index in [9.17, 15) is 4.79 Å². The molecule has 0 spiro atoms. The number of carbonyl (C=O) groups excluding carboxylic acids is 1. The second kappa shape index (κ2) is 4.35. The number of esters is 1. The molecular formula is C12H14N2O2. The first-order valence-corrected chi connectivity index (χ1v) is 5.41. The van der Waals surface area contributed by atoms with Gasteiger partial charge < -0.3 is 4.74 Å². The number of aryl methyl sites for hydroxylation is 1. The minimum absolute atomic E-state index is 0.307. The van der Waals surface area contributed by atoms with Gasteiger partial charge in [-0.2, -0.15) is 0 Å². The van der Waals surface area contributed by atoms with Crippen LogP contribution in [0.3, 0.4) is 0 Å². The predicted molar refractivity (Wildman–Crippen MR) is 60.5 cm³/mol. The van der Waals surface area contributed by atoms with E-state index in [1.165, 1.54) is 0 Å². The van der Waals surface area contributed by atoms with Crippen LogP contribution in [0.2, 0.25) is 0 Å². The third-order valence-corrected chi connectivity index (χ3v) is 2.41. The van der Waals surface area contributed by atoms with E-state index in [4.69, 9.17) is 4.74 Å². The first kappa shape index (κ1) is 10.7. The molecule has 0 fully saturated rings. The fourth-order valence-electron chi connectivity index (χ4n) is 1.71. The van der Waals surface area contributed by atoms with Crippen LogP contribution in [0.5, 0.6) is 0 Å². The molecule has 0 bridgehead atoms. The van der Waals surface area contributed by atoms with Gasteiger partial charge in [0.2, 0.25) is 0 Å². The van der Waals surface area contributed by atoms with E-state index in [1.807, 2.05) is 31.3 Å². The van der Waals surface area contributed by atoms with Gasteiger partial charge in [-0.05, 0) is 25.5 Å². The van der Waals surface area contributed by atoms with Crippen molar-refractivity contribution in [2.24, 2.45) is 0 Å². The first-order chi connectivity index (χ1) is 7.77. The largest absolute Gasteiger partial charge is 0.461 e. The Morgan fingerprint density at radius 1 is 1.44 bits per heavy atom. The summed E-state index contributed by atoms with van der Waals surface area (Å²) in [7, 11) is 0. The van der Waals surface area contributed by atoms with E-state index in [0.29, 0.717) is 12.3 Å². The molecule has 2 heterocycles. The van der Waals surface area contributed by atoms with Crippen LogP contribution >= 0.6 is 0 Å². The summed E-state index contributed by atoms with van der Waals surface area (Å²) >= 11 is 0. The monoisotopic (exact) mass is 218 g/mol. The van der Waals surface area contributed by atoms with Gasteiger partial charge in [0.1, 0.15) is 5.65 Å². The van der Waals surface area contributed by atoms with Crippen LogP contribution in [-0.4, -0.2) is 22.0 Å². The van der Waals surface area contributed by atoms with Gasteiger partial charge in [-0.3, -0.25) is 4.40 Å². The van der Waals surface area contributed by atoms with E-state index in [2.05, 4.69) is 4.98 Å². The Bertz CT molecular complexity index is 517. The molecule has 4 nitrogen and oxygen atoms in total. The second-order valence-corrected chi connectivity index (χ2v) is 3.41. The zero-order valence-electron chi connectivity index (χ0n) is 9.43. The van der Waals surface area contributed by atoms with Gasteiger partial charge in [0.25, 0.3) is 0 Å². The van der Waals surface area contributed by atoms with Crippen molar-refractivity contribution in [3.05, 3.63) is 35.8 Å². The zero-order chi connectivity index (χ0) is 11.5. The molecule has 0 saturated carbocycles. The summed E-state index contributed by atoms with van der Waals surface area (Å²) in [6.07, 6.45) is 2.55. The average molecular weight is 218 g/mol. The molecule has 0 atom stereocenters. The molecule has 2 aromatic rings. The summed E-state index contributed by atoms with van der Waals surface area (Å²) in [6.45, 7) is 4.15. The highest BCUT2D eigenvalue weighted by molar-refractivity contribution is 5.90. The van der Waals surface area contributed by atoms with Crippen molar-refractivity contribution in [1.29, 1.82) is 0 Å². The predicted octanol–water partition coefficient (Wildman–Crippen LogP) is 2.07. The number of ether oxygens (including phenoxy) is 1. The van der Waals surface area contributed by atoms with E-state index < -0.39 is 0 Å². The molecule has 0 aromatic carbocycles. The van der Waals surface area contributed by atoms with E-state index in [0.717, 1.165) is 17.8 Å². The Morgan fingerprint density at radius 3 is 2.94 bits per heavy atom. The number of hydrogen-bond donors (Lipinski definition) is 0. The Balaban J connectivity index is 2.60. The molecule has 0 radical (unpaired) electrons. The number of carbonyl (C=O) groups is 1. The lowest BCUT2D eigenvalue weighted by molar-refractivity contribution is 0.0517. The van der Waals surface area contributed by atoms with Crippen molar-refractivity contribution < 1.29 is 9.53 Å². The molecule has 0 aliphatic rings.